The molecule has 0 bridgehead atoms. The summed E-state index contributed by atoms with van der Waals surface area (Å²) in [5, 5.41) is 7.24. The summed E-state index contributed by atoms with van der Waals surface area (Å²) in [5.74, 6) is 1.53. The van der Waals surface area contributed by atoms with Crippen LogP contribution in [0.1, 0.15) is 29.8 Å². The Bertz CT molecular complexity index is 3410. The SMILES string of the molecule is CCc1c(-c2cccc(-c3ccccc3)c2)nc(C2=CC(n3c4ccccc4c4cc5ccccc5cc43)=CC3c4ccccc4OC23)nc1-c1cccc2ccccc12. The van der Waals surface area contributed by atoms with Gasteiger partial charge in [-0.2, -0.15) is 0 Å². The summed E-state index contributed by atoms with van der Waals surface area (Å²) in [6, 6.07) is 65.1. The van der Waals surface area contributed by atoms with Crippen LogP contribution in [0.4, 0.5) is 0 Å². The van der Waals surface area contributed by atoms with E-state index in [4.69, 9.17) is 14.7 Å². The zero-order valence-corrected chi connectivity index (χ0v) is 33.1. The summed E-state index contributed by atoms with van der Waals surface area (Å²) in [5.41, 5.74) is 13.0. The summed E-state index contributed by atoms with van der Waals surface area (Å²) in [6.45, 7) is 2.22. The highest BCUT2D eigenvalue weighted by molar-refractivity contribution is 6.15. The Labute approximate surface area is 348 Å². The van der Waals surface area contributed by atoms with Crippen molar-refractivity contribution < 1.29 is 4.74 Å². The van der Waals surface area contributed by atoms with E-state index in [2.05, 4.69) is 206 Å². The molecule has 284 valence electrons. The highest BCUT2D eigenvalue weighted by Crippen LogP contribution is 2.49. The van der Waals surface area contributed by atoms with Gasteiger partial charge in [0.1, 0.15) is 11.9 Å². The van der Waals surface area contributed by atoms with E-state index in [0.29, 0.717) is 5.82 Å². The predicted octanol–water partition coefficient (Wildman–Crippen LogP) is 13.9. The second-order valence-electron chi connectivity index (χ2n) is 15.9. The average Bonchev–Trinajstić information content (AvgIpc) is 3.85. The first kappa shape index (κ1) is 34.5. The zero-order chi connectivity index (χ0) is 39.7. The lowest BCUT2D eigenvalue weighted by Crippen LogP contribution is -2.25. The highest BCUT2D eigenvalue weighted by atomic mass is 16.5. The zero-order valence-electron chi connectivity index (χ0n) is 33.1. The molecule has 0 fully saturated rings. The molecule has 0 amide bonds. The molecule has 0 saturated heterocycles. The van der Waals surface area contributed by atoms with E-state index in [1.165, 1.54) is 49.0 Å². The second-order valence-corrected chi connectivity index (χ2v) is 15.9. The maximum absolute atomic E-state index is 6.97. The van der Waals surface area contributed by atoms with Gasteiger partial charge in [-0.05, 0) is 81.6 Å². The third-order valence-electron chi connectivity index (χ3n) is 12.5. The predicted molar refractivity (Wildman–Crippen MR) is 248 cm³/mol. The van der Waals surface area contributed by atoms with Crippen molar-refractivity contribution in [2.45, 2.75) is 25.4 Å². The van der Waals surface area contributed by atoms with E-state index in [9.17, 15) is 0 Å². The van der Waals surface area contributed by atoms with E-state index >= 15 is 0 Å². The molecule has 2 unspecified atom stereocenters. The third kappa shape index (κ3) is 5.45. The molecular weight excluding hydrogens is 731 g/mol. The molecule has 4 heteroatoms. The molecule has 10 aromatic rings. The van der Waals surface area contributed by atoms with Crippen LogP contribution in [0.15, 0.2) is 194 Å². The van der Waals surface area contributed by atoms with E-state index < -0.39 is 0 Å². The molecule has 2 aliphatic rings. The Balaban J connectivity index is 1.14. The molecule has 0 N–H and O–H groups in total. The van der Waals surface area contributed by atoms with Gasteiger partial charge in [-0.25, -0.2) is 9.97 Å². The monoisotopic (exact) mass is 769 g/mol. The minimum absolute atomic E-state index is 0.0480. The Morgan fingerprint density at radius 1 is 0.533 bits per heavy atom. The van der Waals surface area contributed by atoms with Crippen molar-refractivity contribution in [1.29, 1.82) is 0 Å². The van der Waals surface area contributed by atoms with Crippen molar-refractivity contribution in [2.24, 2.45) is 0 Å². The number of nitrogens with zero attached hydrogens (tertiary/aromatic N) is 3. The number of para-hydroxylation sites is 2. The molecule has 60 heavy (non-hydrogen) atoms. The first-order valence-corrected chi connectivity index (χ1v) is 20.9. The van der Waals surface area contributed by atoms with E-state index in [0.717, 1.165) is 62.6 Å². The maximum atomic E-state index is 6.97. The van der Waals surface area contributed by atoms with Crippen LogP contribution in [0.3, 0.4) is 0 Å². The largest absolute Gasteiger partial charge is 0.484 e. The summed E-state index contributed by atoms with van der Waals surface area (Å²) < 4.78 is 9.40. The first-order valence-electron chi connectivity index (χ1n) is 20.9. The smallest absolute Gasteiger partial charge is 0.160 e. The van der Waals surface area contributed by atoms with Crippen molar-refractivity contribution in [3.63, 3.8) is 0 Å². The minimum atomic E-state index is -0.309. The molecule has 0 radical (unpaired) electrons. The van der Waals surface area contributed by atoms with E-state index in [1.54, 1.807) is 0 Å². The average molecular weight is 770 g/mol. The number of aromatic nitrogens is 3. The number of ether oxygens (including phenoxy) is 1. The van der Waals surface area contributed by atoms with Gasteiger partial charge in [0, 0.05) is 50.2 Å². The van der Waals surface area contributed by atoms with Crippen molar-refractivity contribution in [3.05, 3.63) is 211 Å². The molecule has 0 spiro atoms. The quantitative estimate of drug-likeness (QED) is 0.169. The van der Waals surface area contributed by atoms with Crippen LogP contribution >= 0.6 is 0 Å². The standard InChI is InChI=1S/C56H39N3O/c1-2-42-53(40-23-14-22-37(30-40)35-16-4-3-5-17-35)57-56(58-54(42)46-27-15-21-36-18-8-9-24-43(36)46)49-34-41(33-48-45-26-11-13-29-52(45)60-55(48)49)59-50-28-12-10-25-44(50)47-31-38-19-6-7-20-39(38)32-51(47)59/h3-34,48,55H,2H2,1H3. The van der Waals surface area contributed by atoms with Gasteiger partial charge < -0.3 is 9.30 Å². The maximum Gasteiger partial charge on any atom is 0.160 e. The topological polar surface area (TPSA) is 39.9 Å². The van der Waals surface area contributed by atoms with Gasteiger partial charge in [0.2, 0.25) is 0 Å². The Hall–Kier alpha value is -7.56. The van der Waals surface area contributed by atoms with Crippen LogP contribution in [0, 0.1) is 0 Å². The molecule has 1 aliphatic carbocycles. The second kappa shape index (κ2) is 13.8. The molecule has 2 aromatic heterocycles. The lowest BCUT2D eigenvalue weighted by molar-refractivity contribution is 0.277. The van der Waals surface area contributed by atoms with Crippen LogP contribution in [0.2, 0.25) is 0 Å². The fourth-order valence-corrected chi connectivity index (χ4v) is 9.73. The van der Waals surface area contributed by atoms with Gasteiger partial charge in [0.25, 0.3) is 0 Å². The number of fused-ring (bicyclic) bond motifs is 8. The summed E-state index contributed by atoms with van der Waals surface area (Å²) in [4.78, 5) is 11.3. The highest BCUT2D eigenvalue weighted by Gasteiger charge is 2.40. The van der Waals surface area contributed by atoms with Gasteiger partial charge in [0.05, 0.1) is 22.4 Å². The molecule has 1 aliphatic heterocycles. The lowest BCUT2D eigenvalue weighted by Gasteiger charge is -2.27. The van der Waals surface area contributed by atoms with Crippen LogP contribution < -0.4 is 4.74 Å². The van der Waals surface area contributed by atoms with Gasteiger partial charge in [-0.15, -0.1) is 0 Å². The fraction of sp³-hybridized carbons (Fsp3) is 0.0714. The summed E-state index contributed by atoms with van der Waals surface area (Å²) in [6.07, 6.45) is 5.15. The van der Waals surface area contributed by atoms with Crippen LogP contribution in [-0.4, -0.2) is 20.6 Å². The van der Waals surface area contributed by atoms with Gasteiger partial charge >= 0.3 is 0 Å². The van der Waals surface area contributed by atoms with Crippen LogP contribution in [-0.2, 0) is 6.42 Å². The Morgan fingerprint density at radius 3 is 2.07 bits per heavy atom. The van der Waals surface area contributed by atoms with Crippen molar-refractivity contribution in [3.8, 4) is 39.4 Å². The van der Waals surface area contributed by atoms with Crippen LogP contribution in [0.5, 0.6) is 5.75 Å². The first-order chi connectivity index (χ1) is 29.7. The van der Waals surface area contributed by atoms with E-state index in [1.807, 2.05) is 0 Å². The fourth-order valence-electron chi connectivity index (χ4n) is 9.73. The lowest BCUT2D eigenvalue weighted by atomic mass is 9.85. The van der Waals surface area contributed by atoms with Crippen molar-refractivity contribution in [2.75, 3.05) is 0 Å². The molecule has 2 atom stereocenters. The summed E-state index contributed by atoms with van der Waals surface area (Å²) >= 11 is 0. The molecule has 3 heterocycles. The number of allylic oxidation sites excluding steroid dienone is 2. The molecule has 4 nitrogen and oxygen atoms in total. The third-order valence-corrected chi connectivity index (χ3v) is 12.5. The molecular formula is C56H39N3O. The number of rotatable bonds is 6. The molecule has 12 rings (SSSR count). The Kier molecular flexibility index (Phi) is 7.92. The number of hydrogen-bond acceptors (Lipinski definition) is 3. The van der Waals surface area contributed by atoms with Crippen molar-refractivity contribution in [1.82, 2.24) is 14.5 Å². The van der Waals surface area contributed by atoms with Gasteiger partial charge in [-0.1, -0.05) is 159 Å². The van der Waals surface area contributed by atoms with Crippen LogP contribution in [0.25, 0.3) is 88.3 Å². The Morgan fingerprint density at radius 2 is 1.20 bits per heavy atom. The minimum Gasteiger partial charge on any atom is -0.484 e. The van der Waals surface area contributed by atoms with Gasteiger partial charge in [0.15, 0.2) is 5.82 Å². The number of benzene rings is 8. The number of hydrogen-bond donors (Lipinski definition) is 0. The van der Waals surface area contributed by atoms with Gasteiger partial charge in [-0.3, -0.25) is 0 Å². The van der Waals surface area contributed by atoms with E-state index in [-0.39, 0.29) is 12.0 Å². The summed E-state index contributed by atoms with van der Waals surface area (Å²) in [7, 11) is 0. The van der Waals surface area contributed by atoms with Crippen molar-refractivity contribution >= 4 is 54.6 Å². The molecule has 0 saturated carbocycles. The normalized spacial score (nSPS) is 15.8. The molecule has 8 aromatic carbocycles.